The van der Waals surface area contributed by atoms with E-state index in [1.807, 2.05) is 0 Å². The second kappa shape index (κ2) is 5.91. The number of hydrogen-bond acceptors (Lipinski definition) is 0. The molecule has 0 amide bonds. The Bertz CT molecular complexity index is 243. The van der Waals surface area contributed by atoms with Gasteiger partial charge < -0.3 is 0 Å². The molecule has 73 valence electrons. The molecule has 0 aliphatic carbocycles. The van der Waals surface area contributed by atoms with Crippen LogP contribution < -0.4 is 0 Å². The van der Waals surface area contributed by atoms with E-state index in [1.54, 1.807) is 0 Å². The van der Waals surface area contributed by atoms with Crippen LogP contribution in [0.15, 0.2) is 29.2 Å². The summed E-state index contributed by atoms with van der Waals surface area (Å²) in [5, 5.41) is 0. The Labute approximate surface area is 97.6 Å². The van der Waals surface area contributed by atoms with E-state index in [2.05, 4.69) is 60.0 Å². The average molecular weight is 307 g/mol. The fourth-order valence-corrected chi connectivity index (χ4v) is 3.02. The highest BCUT2D eigenvalue weighted by atomic mass is 127. The second-order valence-corrected chi connectivity index (χ2v) is 6.38. The summed E-state index contributed by atoms with van der Waals surface area (Å²) in [6.45, 7) is 2.23. The molecule has 1 aromatic rings. The van der Waals surface area contributed by atoms with Gasteiger partial charge in [0, 0.05) is 3.57 Å². The first kappa shape index (κ1) is 11.4. The van der Waals surface area contributed by atoms with Crippen LogP contribution in [0.4, 0.5) is 0 Å². The van der Waals surface area contributed by atoms with Crippen LogP contribution in [0.1, 0.15) is 19.8 Å². The fourth-order valence-electron chi connectivity index (χ4n) is 1.13. The minimum atomic E-state index is -0.147. The molecule has 1 atom stereocenters. The zero-order valence-electron chi connectivity index (χ0n) is 7.96. The van der Waals surface area contributed by atoms with Crippen molar-refractivity contribution in [3.8, 4) is 0 Å². The second-order valence-electron chi connectivity index (χ2n) is 3.09. The van der Waals surface area contributed by atoms with Crippen LogP contribution in [0.5, 0.6) is 0 Å². The van der Waals surface area contributed by atoms with Gasteiger partial charge in [0.1, 0.15) is 0 Å². The monoisotopic (exact) mass is 307 g/mol. The summed E-state index contributed by atoms with van der Waals surface area (Å²) in [6, 6.07) is 8.77. The molecule has 0 nitrogen and oxygen atoms in total. The van der Waals surface area contributed by atoms with Crippen molar-refractivity contribution in [2.75, 3.05) is 5.75 Å². The SMILES string of the molecule is [CH2][SH](CCCC)c1ccc(I)cc1. The third-order valence-electron chi connectivity index (χ3n) is 1.97. The van der Waals surface area contributed by atoms with Gasteiger partial charge in [0.05, 0.1) is 0 Å². The number of benzene rings is 1. The van der Waals surface area contributed by atoms with Gasteiger partial charge in [0.15, 0.2) is 0 Å². The van der Waals surface area contributed by atoms with Crippen molar-refractivity contribution in [1.29, 1.82) is 0 Å². The van der Waals surface area contributed by atoms with E-state index in [1.165, 1.54) is 27.1 Å². The summed E-state index contributed by atoms with van der Waals surface area (Å²) in [5.41, 5.74) is 0. The number of rotatable bonds is 4. The van der Waals surface area contributed by atoms with Crippen LogP contribution >= 0.6 is 33.5 Å². The van der Waals surface area contributed by atoms with Crippen molar-refractivity contribution in [3.05, 3.63) is 34.1 Å². The predicted octanol–water partition coefficient (Wildman–Crippen LogP) is 4.24. The lowest BCUT2D eigenvalue weighted by Gasteiger charge is -2.15. The van der Waals surface area contributed by atoms with E-state index in [0.29, 0.717) is 0 Å². The zero-order valence-corrected chi connectivity index (χ0v) is 11.0. The van der Waals surface area contributed by atoms with Gasteiger partial charge in [0.25, 0.3) is 0 Å². The van der Waals surface area contributed by atoms with Crippen LogP contribution in [-0.4, -0.2) is 5.75 Å². The smallest absolute Gasteiger partial charge is 0.0131 e. The number of halogens is 1. The molecule has 0 fully saturated rings. The average Bonchev–Trinajstić information content (AvgIpc) is 2.15. The Morgan fingerprint density at radius 2 is 1.92 bits per heavy atom. The molecule has 1 aromatic carbocycles. The quantitative estimate of drug-likeness (QED) is 0.624. The molecule has 2 heteroatoms. The van der Waals surface area contributed by atoms with Gasteiger partial charge >= 0.3 is 0 Å². The molecular weight excluding hydrogens is 291 g/mol. The molecular formula is C11H16IS. The summed E-state index contributed by atoms with van der Waals surface area (Å²) in [5.74, 6) is 1.27. The lowest BCUT2D eigenvalue weighted by atomic mass is 10.4. The number of hydrogen-bond donors (Lipinski definition) is 1. The Kier molecular flexibility index (Phi) is 5.17. The first-order valence-electron chi connectivity index (χ1n) is 4.57. The highest BCUT2D eigenvalue weighted by Crippen LogP contribution is 2.35. The highest BCUT2D eigenvalue weighted by Gasteiger charge is 1.99. The Hall–Kier alpha value is 0.300. The maximum Gasteiger partial charge on any atom is 0.0131 e. The van der Waals surface area contributed by atoms with E-state index in [9.17, 15) is 0 Å². The molecule has 0 heterocycles. The number of thiol groups is 1. The summed E-state index contributed by atoms with van der Waals surface area (Å²) in [6.07, 6.45) is 6.82. The van der Waals surface area contributed by atoms with Crippen LogP contribution in [0.2, 0.25) is 0 Å². The summed E-state index contributed by atoms with van der Waals surface area (Å²) in [7, 11) is -0.147. The van der Waals surface area contributed by atoms with Crippen molar-refractivity contribution in [2.24, 2.45) is 0 Å². The van der Waals surface area contributed by atoms with Crippen molar-refractivity contribution in [1.82, 2.24) is 0 Å². The summed E-state index contributed by atoms with van der Waals surface area (Å²) in [4.78, 5) is 1.43. The molecule has 1 radical (unpaired) electrons. The van der Waals surface area contributed by atoms with Crippen LogP contribution in [0.3, 0.4) is 0 Å². The lowest BCUT2D eigenvalue weighted by molar-refractivity contribution is 0.894. The Morgan fingerprint density at radius 1 is 1.31 bits per heavy atom. The largest absolute Gasteiger partial charge is 0.226 e. The molecule has 1 rings (SSSR count). The van der Waals surface area contributed by atoms with Crippen LogP contribution in [0, 0.1) is 9.83 Å². The maximum atomic E-state index is 4.24. The third kappa shape index (κ3) is 3.90. The van der Waals surface area contributed by atoms with Gasteiger partial charge in [-0.25, -0.2) is 10.9 Å². The molecule has 0 saturated carbocycles. The molecule has 0 aliphatic rings. The van der Waals surface area contributed by atoms with Gasteiger partial charge in [-0.2, -0.15) is 0 Å². The topological polar surface area (TPSA) is 0 Å². The molecule has 0 N–H and O–H groups in total. The highest BCUT2D eigenvalue weighted by molar-refractivity contribution is 14.1. The molecule has 0 bridgehead atoms. The zero-order chi connectivity index (χ0) is 9.68. The van der Waals surface area contributed by atoms with Gasteiger partial charge in [0.2, 0.25) is 0 Å². The predicted molar refractivity (Wildman–Crippen MR) is 71.5 cm³/mol. The molecule has 0 saturated heterocycles. The van der Waals surface area contributed by atoms with Crippen LogP contribution in [-0.2, 0) is 0 Å². The van der Waals surface area contributed by atoms with E-state index in [-0.39, 0.29) is 10.9 Å². The minimum Gasteiger partial charge on any atom is -0.226 e. The Morgan fingerprint density at radius 3 is 2.46 bits per heavy atom. The minimum absolute atomic E-state index is 0.147. The van der Waals surface area contributed by atoms with Crippen molar-refractivity contribution in [2.45, 2.75) is 24.7 Å². The number of unbranched alkanes of at least 4 members (excludes halogenated alkanes) is 1. The normalized spacial score (nSPS) is 14.2. The van der Waals surface area contributed by atoms with E-state index >= 15 is 0 Å². The van der Waals surface area contributed by atoms with Gasteiger partial charge in [-0.05, 0) is 70.2 Å². The summed E-state index contributed by atoms with van der Waals surface area (Å²) < 4.78 is 1.31. The van der Waals surface area contributed by atoms with Gasteiger partial charge in [-0.1, -0.05) is 13.3 Å². The molecule has 0 aromatic heterocycles. The lowest BCUT2D eigenvalue weighted by Crippen LogP contribution is -1.86. The molecule has 0 spiro atoms. The first-order valence-corrected chi connectivity index (χ1v) is 7.36. The third-order valence-corrected chi connectivity index (χ3v) is 4.58. The van der Waals surface area contributed by atoms with Crippen LogP contribution in [0.25, 0.3) is 0 Å². The molecule has 0 aliphatic heterocycles. The van der Waals surface area contributed by atoms with Gasteiger partial charge in [-0.15, -0.1) is 0 Å². The van der Waals surface area contributed by atoms with E-state index in [0.717, 1.165) is 0 Å². The fraction of sp³-hybridized carbons (Fsp3) is 0.364. The van der Waals surface area contributed by atoms with Crippen molar-refractivity contribution < 1.29 is 0 Å². The maximum absolute atomic E-state index is 4.24. The summed E-state index contributed by atoms with van der Waals surface area (Å²) >= 11 is 2.34. The van der Waals surface area contributed by atoms with Crippen molar-refractivity contribution >= 4 is 33.5 Å². The first-order chi connectivity index (χ1) is 6.24. The van der Waals surface area contributed by atoms with Gasteiger partial charge in [-0.3, -0.25) is 0 Å². The molecule has 13 heavy (non-hydrogen) atoms. The Balaban J connectivity index is 2.55. The van der Waals surface area contributed by atoms with E-state index in [4.69, 9.17) is 0 Å². The molecule has 1 unspecified atom stereocenters. The van der Waals surface area contributed by atoms with E-state index < -0.39 is 0 Å². The van der Waals surface area contributed by atoms with Crippen molar-refractivity contribution in [3.63, 3.8) is 0 Å². The standard InChI is InChI=1S/C11H16IS/c1-3-4-9-13(2)11-7-5-10(12)6-8-11/h5-8,13H,2-4,9H2,1H3.